The average Bonchev–Trinajstić information content (AvgIpc) is 3.21. The first-order valence-electron chi connectivity index (χ1n) is 10.2. The van der Waals surface area contributed by atoms with Crippen molar-refractivity contribution in [1.29, 1.82) is 0 Å². The van der Waals surface area contributed by atoms with Gasteiger partial charge in [-0.05, 0) is 17.7 Å². The molecule has 0 spiro atoms. The molecule has 10 nitrogen and oxygen atoms in total. The van der Waals surface area contributed by atoms with E-state index in [-0.39, 0.29) is 23.6 Å². The van der Waals surface area contributed by atoms with Crippen molar-refractivity contribution in [3.63, 3.8) is 0 Å². The van der Waals surface area contributed by atoms with Crippen LogP contribution in [0, 0.1) is 0 Å². The van der Waals surface area contributed by atoms with Gasteiger partial charge in [0.05, 0.1) is 5.39 Å². The Kier molecular flexibility index (Phi) is 5.90. The fraction of sp³-hybridized carbons (Fsp3) is 0.174. The Hall–Kier alpha value is -4.47. The quantitative estimate of drug-likeness (QED) is 0.338. The lowest BCUT2D eigenvalue weighted by Crippen LogP contribution is -2.53. The van der Waals surface area contributed by atoms with Gasteiger partial charge in [0.1, 0.15) is 6.04 Å². The number of hydrazine groups is 1. The third kappa shape index (κ3) is 4.45. The number of nitrogens with zero attached hydrogens (tertiary/aromatic N) is 2. The molecule has 0 fully saturated rings. The van der Waals surface area contributed by atoms with Crippen molar-refractivity contribution < 1.29 is 14.4 Å². The van der Waals surface area contributed by atoms with Crippen molar-refractivity contribution >= 4 is 39.4 Å². The summed E-state index contributed by atoms with van der Waals surface area (Å²) < 4.78 is 1.07. The van der Waals surface area contributed by atoms with Crippen molar-refractivity contribution in [3.8, 4) is 0 Å². The van der Waals surface area contributed by atoms with Crippen LogP contribution in [0.2, 0.25) is 0 Å². The zero-order chi connectivity index (χ0) is 23.5. The molecular weight excluding hydrogens is 424 g/mol. The molecule has 2 aromatic carbocycles. The number of aromatic nitrogens is 3. The molecule has 0 bridgehead atoms. The summed E-state index contributed by atoms with van der Waals surface area (Å²) in [7, 11) is 1.44. The van der Waals surface area contributed by atoms with Gasteiger partial charge in [-0.25, -0.2) is 4.68 Å². The smallest absolute Gasteiger partial charge is 0.290 e. The number of amides is 3. The maximum absolute atomic E-state index is 12.8. The molecule has 0 aliphatic heterocycles. The van der Waals surface area contributed by atoms with Gasteiger partial charge in [0, 0.05) is 42.9 Å². The molecule has 3 amide bonds. The summed E-state index contributed by atoms with van der Waals surface area (Å²) in [5.41, 5.74) is 6.09. The lowest BCUT2D eigenvalue weighted by molar-refractivity contribution is -0.128. The summed E-state index contributed by atoms with van der Waals surface area (Å²) >= 11 is 0. The van der Waals surface area contributed by atoms with Crippen LogP contribution in [0.25, 0.3) is 21.7 Å². The van der Waals surface area contributed by atoms with Crippen LogP contribution >= 0.6 is 0 Å². The predicted octanol–water partition coefficient (Wildman–Crippen LogP) is 0.923. The number of carbonyl (C=O) groups is 3. The SMILES string of the molecule is CC(=O)N[C@H](Cc1c[nH]c2ccccc12)C(=O)NNC(=O)c1nn(C)c(=O)c2ccccc12. The summed E-state index contributed by atoms with van der Waals surface area (Å²) in [5, 5.41) is 8.29. The second-order valence-electron chi connectivity index (χ2n) is 7.58. The van der Waals surface area contributed by atoms with Crippen molar-refractivity contribution in [3.05, 3.63) is 76.3 Å². The van der Waals surface area contributed by atoms with E-state index in [2.05, 4.69) is 26.3 Å². The zero-order valence-corrected chi connectivity index (χ0v) is 18.0. The molecule has 4 rings (SSSR count). The van der Waals surface area contributed by atoms with Crippen LogP contribution in [0.5, 0.6) is 0 Å². The van der Waals surface area contributed by atoms with Gasteiger partial charge in [-0.2, -0.15) is 5.10 Å². The van der Waals surface area contributed by atoms with E-state index in [1.54, 1.807) is 30.5 Å². The van der Waals surface area contributed by atoms with Crippen molar-refractivity contribution in [2.24, 2.45) is 7.05 Å². The Labute approximate surface area is 187 Å². The molecule has 10 heteroatoms. The van der Waals surface area contributed by atoms with E-state index >= 15 is 0 Å². The van der Waals surface area contributed by atoms with Gasteiger partial charge in [0.25, 0.3) is 17.4 Å². The summed E-state index contributed by atoms with van der Waals surface area (Å²) in [6.07, 6.45) is 2.00. The van der Waals surface area contributed by atoms with E-state index in [4.69, 9.17) is 0 Å². The fourth-order valence-electron chi connectivity index (χ4n) is 3.71. The summed E-state index contributed by atoms with van der Waals surface area (Å²) in [6, 6.07) is 13.3. The number of carbonyl (C=O) groups excluding carboxylic acids is 3. The number of nitrogens with one attached hydrogen (secondary N) is 4. The zero-order valence-electron chi connectivity index (χ0n) is 18.0. The van der Waals surface area contributed by atoms with Gasteiger partial charge in [-0.15, -0.1) is 0 Å². The van der Waals surface area contributed by atoms with E-state index in [0.29, 0.717) is 10.8 Å². The van der Waals surface area contributed by atoms with E-state index in [9.17, 15) is 19.2 Å². The van der Waals surface area contributed by atoms with E-state index in [1.807, 2.05) is 24.3 Å². The molecule has 2 heterocycles. The lowest BCUT2D eigenvalue weighted by atomic mass is 10.0. The topological polar surface area (TPSA) is 138 Å². The molecule has 2 aromatic heterocycles. The Morgan fingerprint density at radius 3 is 2.39 bits per heavy atom. The standard InChI is InChI=1S/C23H22N6O4/c1-13(30)25-19(11-14-12-24-18-10-6-5-7-15(14)18)21(31)26-27-22(32)20-16-8-3-4-9-17(16)23(33)29(2)28-20/h3-10,12,19,24H,11H2,1-2H3,(H,25,30)(H,26,31)(H,27,32)/t19-/m1/s1. The molecule has 0 saturated heterocycles. The Morgan fingerprint density at radius 2 is 1.67 bits per heavy atom. The fourth-order valence-corrected chi connectivity index (χ4v) is 3.71. The van der Waals surface area contributed by atoms with Gasteiger partial charge >= 0.3 is 0 Å². The number of aromatic amines is 1. The molecule has 33 heavy (non-hydrogen) atoms. The van der Waals surface area contributed by atoms with E-state index in [1.165, 1.54) is 14.0 Å². The third-order valence-corrected chi connectivity index (χ3v) is 5.26. The number of hydrogen-bond donors (Lipinski definition) is 4. The molecule has 0 saturated carbocycles. The molecule has 0 aliphatic carbocycles. The highest BCUT2D eigenvalue weighted by Gasteiger charge is 2.23. The number of hydrogen-bond acceptors (Lipinski definition) is 5. The molecule has 0 unspecified atom stereocenters. The van der Waals surface area contributed by atoms with E-state index in [0.717, 1.165) is 21.1 Å². The van der Waals surface area contributed by atoms with Gasteiger partial charge < -0.3 is 10.3 Å². The maximum atomic E-state index is 12.8. The highest BCUT2D eigenvalue weighted by molar-refractivity contribution is 6.05. The molecule has 1 atom stereocenters. The van der Waals surface area contributed by atoms with Crippen LogP contribution in [0.3, 0.4) is 0 Å². The largest absolute Gasteiger partial charge is 0.361 e. The number of rotatable bonds is 5. The summed E-state index contributed by atoms with van der Waals surface area (Å²) in [4.78, 5) is 52.7. The van der Waals surface area contributed by atoms with Crippen LogP contribution in [-0.2, 0) is 23.1 Å². The molecule has 168 valence electrons. The summed E-state index contributed by atoms with van der Waals surface area (Å²) in [5.74, 6) is -1.67. The van der Waals surface area contributed by atoms with Crippen LogP contribution in [-0.4, -0.2) is 38.5 Å². The van der Waals surface area contributed by atoms with Crippen LogP contribution < -0.4 is 21.7 Å². The first-order valence-corrected chi connectivity index (χ1v) is 10.2. The van der Waals surface area contributed by atoms with Crippen LogP contribution in [0.1, 0.15) is 23.0 Å². The minimum Gasteiger partial charge on any atom is -0.361 e. The Morgan fingerprint density at radius 1 is 1.00 bits per heavy atom. The Balaban J connectivity index is 1.53. The van der Waals surface area contributed by atoms with Crippen LogP contribution in [0.15, 0.2) is 59.5 Å². The monoisotopic (exact) mass is 446 g/mol. The number of benzene rings is 2. The maximum Gasteiger partial charge on any atom is 0.290 e. The summed E-state index contributed by atoms with van der Waals surface area (Å²) in [6.45, 7) is 1.31. The minimum absolute atomic E-state index is 0.0132. The van der Waals surface area contributed by atoms with E-state index < -0.39 is 17.9 Å². The first kappa shape index (κ1) is 21.8. The molecule has 4 N–H and O–H groups in total. The van der Waals surface area contributed by atoms with Gasteiger partial charge in [-0.3, -0.25) is 30.0 Å². The average molecular weight is 446 g/mol. The third-order valence-electron chi connectivity index (χ3n) is 5.26. The normalized spacial score (nSPS) is 11.8. The van der Waals surface area contributed by atoms with Crippen molar-refractivity contribution in [2.75, 3.05) is 0 Å². The molecule has 4 aromatic rings. The van der Waals surface area contributed by atoms with Crippen molar-refractivity contribution in [2.45, 2.75) is 19.4 Å². The second kappa shape index (κ2) is 8.95. The first-order chi connectivity index (χ1) is 15.8. The predicted molar refractivity (Wildman–Crippen MR) is 122 cm³/mol. The Bertz CT molecular complexity index is 1440. The molecular formula is C23H22N6O4. The van der Waals surface area contributed by atoms with Gasteiger partial charge in [0.15, 0.2) is 5.69 Å². The lowest BCUT2D eigenvalue weighted by Gasteiger charge is -2.18. The highest BCUT2D eigenvalue weighted by atomic mass is 16.2. The highest BCUT2D eigenvalue weighted by Crippen LogP contribution is 2.19. The van der Waals surface area contributed by atoms with Gasteiger partial charge in [-0.1, -0.05) is 36.4 Å². The number of fused-ring (bicyclic) bond motifs is 2. The number of H-pyrrole nitrogens is 1. The number of aryl methyl sites for hydroxylation is 1. The number of para-hydroxylation sites is 1. The minimum atomic E-state index is -0.924. The van der Waals surface area contributed by atoms with Gasteiger partial charge in [0.2, 0.25) is 5.91 Å². The molecule has 0 radical (unpaired) electrons. The molecule has 0 aliphatic rings. The second-order valence-corrected chi connectivity index (χ2v) is 7.58. The van der Waals surface area contributed by atoms with Crippen molar-refractivity contribution in [1.82, 2.24) is 30.9 Å². The van der Waals surface area contributed by atoms with Crippen LogP contribution in [0.4, 0.5) is 0 Å².